The summed E-state index contributed by atoms with van der Waals surface area (Å²) in [6.07, 6.45) is -0.745. The molecule has 0 aromatic heterocycles. The number of halogens is 1. The van der Waals surface area contributed by atoms with Crippen LogP contribution in [0.25, 0.3) is 0 Å². The van der Waals surface area contributed by atoms with E-state index in [-0.39, 0.29) is 16.5 Å². The molecule has 132 valence electrons. The van der Waals surface area contributed by atoms with Gasteiger partial charge in [0.05, 0.1) is 24.8 Å². The maximum atomic E-state index is 12.3. The molecule has 2 aromatic rings. The van der Waals surface area contributed by atoms with Crippen molar-refractivity contribution in [3.8, 4) is 11.5 Å². The summed E-state index contributed by atoms with van der Waals surface area (Å²) in [7, 11) is 2.83. The van der Waals surface area contributed by atoms with Crippen LogP contribution in [0.5, 0.6) is 11.5 Å². The van der Waals surface area contributed by atoms with E-state index >= 15 is 0 Å². The second-order valence-electron chi connectivity index (χ2n) is 5.11. The fraction of sp³-hybridized carbons (Fsp3) is 0.222. The molecular formula is C18H18ClNO5. The molecule has 7 heteroatoms. The smallest absolute Gasteiger partial charge is 0.339 e. The lowest BCUT2D eigenvalue weighted by molar-refractivity contribution is -0.122. The number of carbonyl (C=O) groups is 2. The van der Waals surface area contributed by atoms with Gasteiger partial charge in [-0.25, -0.2) is 4.79 Å². The summed E-state index contributed by atoms with van der Waals surface area (Å²) in [5.74, 6) is 0.286. The van der Waals surface area contributed by atoms with Gasteiger partial charge >= 0.3 is 5.97 Å². The zero-order chi connectivity index (χ0) is 18.4. The Balaban J connectivity index is 2.04. The lowest BCUT2D eigenvalue weighted by atomic mass is 10.2. The topological polar surface area (TPSA) is 73.9 Å². The SMILES string of the molecule is COC(=O)c1cc(NC(=O)[C@H](C)Oc2ccc(OC)cc2)ccc1Cl. The minimum atomic E-state index is -0.745. The average molecular weight is 364 g/mol. The minimum Gasteiger partial charge on any atom is -0.497 e. The molecule has 0 radical (unpaired) electrons. The van der Waals surface area contributed by atoms with Gasteiger partial charge in [-0.1, -0.05) is 11.6 Å². The van der Waals surface area contributed by atoms with E-state index in [9.17, 15) is 9.59 Å². The lowest BCUT2D eigenvalue weighted by Gasteiger charge is -2.15. The lowest BCUT2D eigenvalue weighted by Crippen LogP contribution is -2.30. The molecule has 6 nitrogen and oxygen atoms in total. The highest BCUT2D eigenvalue weighted by Gasteiger charge is 2.17. The Labute approximate surface area is 150 Å². The third-order valence-electron chi connectivity index (χ3n) is 3.38. The predicted molar refractivity (Wildman–Crippen MR) is 94.5 cm³/mol. The van der Waals surface area contributed by atoms with Crippen molar-refractivity contribution in [3.63, 3.8) is 0 Å². The molecule has 0 unspecified atom stereocenters. The van der Waals surface area contributed by atoms with Crippen molar-refractivity contribution in [1.29, 1.82) is 0 Å². The summed E-state index contributed by atoms with van der Waals surface area (Å²) >= 11 is 5.95. The molecule has 0 spiro atoms. The van der Waals surface area contributed by atoms with Crippen LogP contribution in [0.1, 0.15) is 17.3 Å². The Morgan fingerprint density at radius 3 is 2.28 bits per heavy atom. The molecule has 1 N–H and O–H groups in total. The Morgan fingerprint density at radius 1 is 1.04 bits per heavy atom. The molecule has 0 aliphatic heterocycles. The van der Waals surface area contributed by atoms with Crippen LogP contribution in [-0.2, 0) is 9.53 Å². The second kappa shape index (κ2) is 8.39. The average Bonchev–Trinajstić information content (AvgIpc) is 2.63. The van der Waals surface area contributed by atoms with Crippen molar-refractivity contribution in [3.05, 3.63) is 53.1 Å². The van der Waals surface area contributed by atoms with E-state index in [1.54, 1.807) is 44.4 Å². The van der Waals surface area contributed by atoms with Crippen LogP contribution < -0.4 is 14.8 Å². The van der Waals surface area contributed by atoms with Gasteiger partial charge in [-0.2, -0.15) is 0 Å². The van der Waals surface area contributed by atoms with Crippen molar-refractivity contribution < 1.29 is 23.8 Å². The Hall–Kier alpha value is -2.73. The van der Waals surface area contributed by atoms with Crippen LogP contribution >= 0.6 is 11.6 Å². The van der Waals surface area contributed by atoms with Crippen LogP contribution in [0.3, 0.4) is 0 Å². The van der Waals surface area contributed by atoms with Gasteiger partial charge in [0.1, 0.15) is 11.5 Å². The number of esters is 1. The number of carbonyl (C=O) groups excluding carboxylic acids is 2. The number of ether oxygens (including phenoxy) is 3. The summed E-state index contributed by atoms with van der Waals surface area (Å²) in [5.41, 5.74) is 0.589. The summed E-state index contributed by atoms with van der Waals surface area (Å²) < 4.78 is 15.3. The fourth-order valence-corrected chi connectivity index (χ4v) is 2.22. The maximum Gasteiger partial charge on any atom is 0.339 e. The van der Waals surface area contributed by atoms with E-state index < -0.39 is 12.1 Å². The number of methoxy groups -OCH3 is 2. The van der Waals surface area contributed by atoms with E-state index in [0.717, 1.165) is 0 Å². The number of amides is 1. The number of hydrogen-bond donors (Lipinski definition) is 1. The zero-order valence-corrected chi connectivity index (χ0v) is 14.8. The first-order valence-corrected chi connectivity index (χ1v) is 7.82. The summed E-state index contributed by atoms with van der Waals surface area (Å²) in [5, 5.41) is 2.92. The second-order valence-corrected chi connectivity index (χ2v) is 5.52. The highest BCUT2D eigenvalue weighted by molar-refractivity contribution is 6.33. The van der Waals surface area contributed by atoms with E-state index in [2.05, 4.69) is 10.1 Å². The van der Waals surface area contributed by atoms with E-state index in [4.69, 9.17) is 21.1 Å². The fourth-order valence-electron chi connectivity index (χ4n) is 2.03. The molecule has 0 saturated heterocycles. The van der Waals surface area contributed by atoms with Crippen molar-refractivity contribution in [2.24, 2.45) is 0 Å². The molecule has 25 heavy (non-hydrogen) atoms. The van der Waals surface area contributed by atoms with Crippen LogP contribution in [0.15, 0.2) is 42.5 Å². The molecule has 0 fully saturated rings. The maximum absolute atomic E-state index is 12.3. The third kappa shape index (κ3) is 4.87. The molecule has 0 saturated carbocycles. The van der Waals surface area contributed by atoms with E-state index in [1.165, 1.54) is 19.2 Å². The molecule has 0 aliphatic rings. The molecule has 0 bridgehead atoms. The molecule has 0 heterocycles. The van der Waals surface area contributed by atoms with E-state index in [1.807, 2.05) is 0 Å². The van der Waals surface area contributed by atoms with Gasteiger partial charge in [-0.15, -0.1) is 0 Å². The number of rotatable bonds is 6. The first kappa shape index (κ1) is 18.6. The summed E-state index contributed by atoms with van der Waals surface area (Å²) in [4.78, 5) is 23.9. The quantitative estimate of drug-likeness (QED) is 0.794. The van der Waals surface area contributed by atoms with E-state index in [0.29, 0.717) is 17.2 Å². The summed E-state index contributed by atoms with van der Waals surface area (Å²) in [6, 6.07) is 11.4. The van der Waals surface area contributed by atoms with Crippen molar-refractivity contribution in [2.45, 2.75) is 13.0 Å². The molecular weight excluding hydrogens is 346 g/mol. The first-order chi connectivity index (χ1) is 11.9. The van der Waals surface area contributed by atoms with Gasteiger partial charge in [0, 0.05) is 5.69 Å². The predicted octanol–water partition coefficient (Wildman–Crippen LogP) is 3.54. The van der Waals surface area contributed by atoms with Crippen molar-refractivity contribution in [1.82, 2.24) is 0 Å². The molecule has 1 amide bonds. The first-order valence-electron chi connectivity index (χ1n) is 7.44. The van der Waals surface area contributed by atoms with Crippen LogP contribution in [0.4, 0.5) is 5.69 Å². The van der Waals surface area contributed by atoms with Crippen LogP contribution in [-0.4, -0.2) is 32.2 Å². The standard InChI is InChI=1S/C18H18ClNO5/c1-11(25-14-7-5-13(23-2)6-8-14)17(21)20-12-4-9-16(19)15(10-12)18(22)24-3/h4-11H,1-3H3,(H,20,21)/t11-/m0/s1. The number of anilines is 1. The number of benzene rings is 2. The molecule has 1 atom stereocenters. The zero-order valence-electron chi connectivity index (χ0n) is 14.0. The Bertz CT molecular complexity index is 761. The van der Waals surface area contributed by atoms with Gasteiger partial charge in [-0.3, -0.25) is 4.79 Å². The number of nitrogens with one attached hydrogen (secondary N) is 1. The summed E-state index contributed by atoms with van der Waals surface area (Å²) in [6.45, 7) is 1.62. The highest BCUT2D eigenvalue weighted by atomic mass is 35.5. The van der Waals surface area contributed by atoms with Gasteiger partial charge in [0.2, 0.25) is 0 Å². The van der Waals surface area contributed by atoms with Gasteiger partial charge in [0.15, 0.2) is 6.10 Å². The van der Waals surface area contributed by atoms with Gasteiger partial charge in [0.25, 0.3) is 5.91 Å². The van der Waals surface area contributed by atoms with Crippen LogP contribution in [0.2, 0.25) is 5.02 Å². The van der Waals surface area contributed by atoms with Crippen molar-refractivity contribution in [2.75, 3.05) is 19.5 Å². The van der Waals surface area contributed by atoms with Gasteiger partial charge in [-0.05, 0) is 49.4 Å². The minimum absolute atomic E-state index is 0.172. The normalized spacial score (nSPS) is 11.4. The third-order valence-corrected chi connectivity index (χ3v) is 3.71. The largest absolute Gasteiger partial charge is 0.497 e. The van der Waals surface area contributed by atoms with Gasteiger partial charge < -0.3 is 19.5 Å². The Kier molecular flexibility index (Phi) is 6.25. The number of hydrogen-bond acceptors (Lipinski definition) is 5. The molecule has 0 aliphatic carbocycles. The molecule has 2 rings (SSSR count). The molecule has 2 aromatic carbocycles. The monoisotopic (exact) mass is 363 g/mol. The van der Waals surface area contributed by atoms with Crippen LogP contribution in [0, 0.1) is 0 Å². The highest BCUT2D eigenvalue weighted by Crippen LogP contribution is 2.22. The van der Waals surface area contributed by atoms with Crippen molar-refractivity contribution >= 4 is 29.2 Å². The Morgan fingerprint density at radius 2 is 1.68 bits per heavy atom.